The average Bonchev–Trinajstić information content (AvgIpc) is 3.06. The van der Waals surface area contributed by atoms with E-state index < -0.39 is 29.8 Å². The summed E-state index contributed by atoms with van der Waals surface area (Å²) in [5.41, 5.74) is 0.0356. The summed E-state index contributed by atoms with van der Waals surface area (Å²) in [7, 11) is 1.17. The van der Waals surface area contributed by atoms with Crippen molar-refractivity contribution >= 4 is 11.9 Å². The number of methoxy groups -OCH3 is 1. The quantitative estimate of drug-likeness (QED) is 0.833. The highest BCUT2D eigenvalue weighted by atomic mass is 19.1. The summed E-state index contributed by atoms with van der Waals surface area (Å²) in [6.45, 7) is 1.58. The van der Waals surface area contributed by atoms with E-state index in [-0.39, 0.29) is 5.56 Å². The topological polar surface area (TPSA) is 86.1 Å². The van der Waals surface area contributed by atoms with Gasteiger partial charge >= 0.3 is 5.97 Å². The SMILES string of the molecule is COC(=O)[C@H](NC(=O)[C@@H](C)n1cncn1)c1ccccc1F. The van der Waals surface area contributed by atoms with E-state index in [9.17, 15) is 14.0 Å². The lowest BCUT2D eigenvalue weighted by Gasteiger charge is -2.20. The monoisotopic (exact) mass is 306 g/mol. The van der Waals surface area contributed by atoms with Gasteiger partial charge in [-0.15, -0.1) is 0 Å². The van der Waals surface area contributed by atoms with Crippen molar-refractivity contribution in [2.45, 2.75) is 19.0 Å². The van der Waals surface area contributed by atoms with Crippen LogP contribution in [0.1, 0.15) is 24.6 Å². The number of benzene rings is 1. The molecule has 0 spiro atoms. The van der Waals surface area contributed by atoms with Crippen LogP contribution in [-0.2, 0) is 14.3 Å². The van der Waals surface area contributed by atoms with Crippen molar-refractivity contribution in [1.82, 2.24) is 20.1 Å². The number of nitrogens with one attached hydrogen (secondary N) is 1. The Labute approximate surface area is 126 Å². The molecule has 0 unspecified atom stereocenters. The van der Waals surface area contributed by atoms with Crippen LogP contribution in [0.5, 0.6) is 0 Å². The van der Waals surface area contributed by atoms with Gasteiger partial charge in [0, 0.05) is 5.56 Å². The van der Waals surface area contributed by atoms with Gasteiger partial charge in [-0.05, 0) is 13.0 Å². The molecule has 116 valence electrons. The predicted molar refractivity (Wildman–Crippen MR) is 74.0 cm³/mol. The van der Waals surface area contributed by atoms with E-state index >= 15 is 0 Å². The largest absolute Gasteiger partial charge is 0.467 e. The number of amides is 1. The average molecular weight is 306 g/mol. The highest BCUT2D eigenvalue weighted by Gasteiger charge is 2.28. The summed E-state index contributed by atoms with van der Waals surface area (Å²) in [6, 6.07) is 3.75. The lowest BCUT2D eigenvalue weighted by Crippen LogP contribution is -2.38. The van der Waals surface area contributed by atoms with Gasteiger partial charge in [-0.3, -0.25) is 4.79 Å². The number of carbonyl (C=O) groups is 2. The van der Waals surface area contributed by atoms with Gasteiger partial charge in [0.05, 0.1) is 7.11 Å². The van der Waals surface area contributed by atoms with E-state index in [1.807, 2.05) is 0 Å². The first-order valence-corrected chi connectivity index (χ1v) is 6.51. The van der Waals surface area contributed by atoms with E-state index in [1.54, 1.807) is 13.0 Å². The summed E-state index contributed by atoms with van der Waals surface area (Å²) in [5.74, 6) is -1.87. The molecule has 0 aliphatic carbocycles. The number of hydrogen-bond donors (Lipinski definition) is 1. The maximum Gasteiger partial charge on any atom is 0.333 e. The van der Waals surface area contributed by atoms with E-state index in [0.717, 1.165) is 0 Å². The van der Waals surface area contributed by atoms with Gasteiger partial charge in [0.2, 0.25) is 5.91 Å². The van der Waals surface area contributed by atoms with E-state index in [2.05, 4.69) is 20.1 Å². The Bertz CT molecular complexity index is 660. The highest BCUT2D eigenvalue weighted by molar-refractivity contribution is 5.87. The van der Waals surface area contributed by atoms with Crippen molar-refractivity contribution in [2.24, 2.45) is 0 Å². The van der Waals surface area contributed by atoms with E-state index in [1.165, 1.54) is 42.6 Å². The van der Waals surface area contributed by atoms with Crippen LogP contribution in [0, 0.1) is 5.82 Å². The van der Waals surface area contributed by atoms with Crippen molar-refractivity contribution < 1.29 is 18.7 Å². The molecule has 0 fully saturated rings. The number of ether oxygens (including phenoxy) is 1. The van der Waals surface area contributed by atoms with Gasteiger partial charge in [-0.2, -0.15) is 5.10 Å². The Kier molecular flexibility index (Phi) is 4.82. The Balaban J connectivity index is 2.22. The number of nitrogens with zero attached hydrogens (tertiary/aromatic N) is 3. The molecule has 2 atom stereocenters. The molecule has 1 N–H and O–H groups in total. The smallest absolute Gasteiger partial charge is 0.333 e. The molecular weight excluding hydrogens is 291 g/mol. The second kappa shape index (κ2) is 6.79. The van der Waals surface area contributed by atoms with Crippen LogP contribution in [0.3, 0.4) is 0 Å². The first-order valence-electron chi connectivity index (χ1n) is 6.51. The number of esters is 1. The molecule has 0 saturated carbocycles. The molecule has 0 saturated heterocycles. The van der Waals surface area contributed by atoms with Crippen molar-refractivity contribution in [3.8, 4) is 0 Å². The molecule has 8 heteroatoms. The van der Waals surface area contributed by atoms with E-state index in [0.29, 0.717) is 0 Å². The maximum atomic E-state index is 13.9. The number of carbonyl (C=O) groups excluding carboxylic acids is 2. The van der Waals surface area contributed by atoms with E-state index in [4.69, 9.17) is 0 Å². The fraction of sp³-hybridized carbons (Fsp3) is 0.286. The Hall–Kier alpha value is -2.77. The Morgan fingerprint density at radius 3 is 2.68 bits per heavy atom. The fourth-order valence-corrected chi connectivity index (χ4v) is 1.89. The molecule has 2 rings (SSSR count). The normalized spacial score (nSPS) is 13.2. The molecule has 0 aliphatic heterocycles. The molecule has 22 heavy (non-hydrogen) atoms. The fourth-order valence-electron chi connectivity index (χ4n) is 1.89. The number of halogens is 1. The Morgan fingerprint density at radius 1 is 1.36 bits per heavy atom. The first kappa shape index (κ1) is 15.6. The minimum absolute atomic E-state index is 0.0356. The minimum atomic E-state index is -1.23. The molecule has 0 aliphatic rings. The molecular formula is C14H15FN4O3. The first-order chi connectivity index (χ1) is 10.5. The van der Waals surface area contributed by atoms with Crippen LogP contribution in [0.2, 0.25) is 0 Å². The third-order valence-corrected chi connectivity index (χ3v) is 3.15. The number of aromatic nitrogens is 3. The molecule has 1 amide bonds. The van der Waals surface area contributed by atoms with Crippen molar-refractivity contribution in [3.63, 3.8) is 0 Å². The molecule has 7 nitrogen and oxygen atoms in total. The number of rotatable bonds is 5. The Morgan fingerprint density at radius 2 is 2.09 bits per heavy atom. The molecule has 0 radical (unpaired) electrons. The van der Waals surface area contributed by atoms with Crippen LogP contribution >= 0.6 is 0 Å². The van der Waals surface area contributed by atoms with Crippen LogP contribution in [0.25, 0.3) is 0 Å². The molecule has 0 bridgehead atoms. The van der Waals surface area contributed by atoms with Gasteiger partial charge in [0.1, 0.15) is 24.5 Å². The highest BCUT2D eigenvalue weighted by Crippen LogP contribution is 2.19. The lowest BCUT2D eigenvalue weighted by atomic mass is 10.1. The molecule has 1 heterocycles. The van der Waals surface area contributed by atoms with Crippen LogP contribution < -0.4 is 5.32 Å². The van der Waals surface area contributed by atoms with Crippen molar-refractivity contribution in [2.75, 3.05) is 7.11 Å². The molecule has 1 aromatic heterocycles. The summed E-state index contributed by atoms with van der Waals surface area (Å²) < 4.78 is 19.8. The second-order valence-electron chi connectivity index (χ2n) is 4.54. The van der Waals surface area contributed by atoms with Gasteiger partial charge in [0.15, 0.2) is 6.04 Å². The predicted octanol–water partition coefficient (Wildman–Crippen LogP) is 1.01. The van der Waals surface area contributed by atoms with Crippen LogP contribution in [-0.4, -0.2) is 33.8 Å². The van der Waals surface area contributed by atoms with Crippen molar-refractivity contribution in [3.05, 3.63) is 48.3 Å². The summed E-state index contributed by atoms with van der Waals surface area (Å²) in [6.07, 6.45) is 2.67. The lowest BCUT2D eigenvalue weighted by molar-refractivity contribution is -0.145. The standard InChI is InChI=1S/C14H15FN4O3/c1-9(19-8-16-7-17-19)13(20)18-12(14(21)22-2)10-5-3-4-6-11(10)15/h3-9,12H,1-2H3,(H,18,20)/t9-,12-/m1/s1. The summed E-state index contributed by atoms with van der Waals surface area (Å²) >= 11 is 0. The third-order valence-electron chi connectivity index (χ3n) is 3.15. The van der Waals surface area contributed by atoms with Crippen LogP contribution in [0.15, 0.2) is 36.9 Å². The van der Waals surface area contributed by atoms with Gasteiger partial charge in [-0.25, -0.2) is 18.9 Å². The number of hydrogen-bond acceptors (Lipinski definition) is 5. The molecule has 2 aromatic rings. The van der Waals surface area contributed by atoms with Gasteiger partial charge in [0.25, 0.3) is 0 Å². The minimum Gasteiger partial charge on any atom is -0.467 e. The zero-order valence-electron chi connectivity index (χ0n) is 12.1. The maximum absolute atomic E-state index is 13.9. The van der Waals surface area contributed by atoms with Gasteiger partial charge < -0.3 is 10.1 Å². The zero-order chi connectivity index (χ0) is 16.1. The van der Waals surface area contributed by atoms with Crippen LogP contribution in [0.4, 0.5) is 4.39 Å². The third kappa shape index (κ3) is 3.27. The zero-order valence-corrected chi connectivity index (χ0v) is 12.1. The summed E-state index contributed by atoms with van der Waals surface area (Å²) in [5, 5.41) is 6.33. The summed E-state index contributed by atoms with van der Waals surface area (Å²) in [4.78, 5) is 27.8. The molecule has 1 aromatic carbocycles. The van der Waals surface area contributed by atoms with Gasteiger partial charge in [-0.1, -0.05) is 18.2 Å². The second-order valence-corrected chi connectivity index (χ2v) is 4.54. The van der Waals surface area contributed by atoms with Crippen molar-refractivity contribution in [1.29, 1.82) is 0 Å².